The zero-order valence-corrected chi connectivity index (χ0v) is 25.0. The van der Waals surface area contributed by atoms with Crippen LogP contribution in [-0.4, -0.2) is 84.3 Å². The lowest BCUT2D eigenvalue weighted by molar-refractivity contribution is -0.151. The number of ether oxygens (including phenoxy) is 1. The van der Waals surface area contributed by atoms with Crippen LogP contribution < -0.4 is 15.4 Å². The molecular weight excluding hydrogens is 516 g/mol. The number of benzene rings is 1. The fraction of sp³-hybridized carbons (Fsp3) is 0.531. The van der Waals surface area contributed by atoms with Gasteiger partial charge in [0.25, 0.3) is 5.91 Å². The number of hydrogen-bond donors (Lipinski definition) is 2. The summed E-state index contributed by atoms with van der Waals surface area (Å²) in [5.41, 5.74) is 3.44. The minimum Gasteiger partial charge on any atom is -0.495 e. The molecule has 220 valence electrons. The lowest BCUT2D eigenvalue weighted by atomic mass is 9.56. The highest BCUT2D eigenvalue weighted by atomic mass is 16.5. The van der Waals surface area contributed by atoms with E-state index in [0.29, 0.717) is 18.0 Å². The van der Waals surface area contributed by atoms with Crippen molar-refractivity contribution in [3.8, 4) is 5.75 Å². The number of amides is 2. The van der Waals surface area contributed by atoms with Gasteiger partial charge in [0.15, 0.2) is 5.69 Å². The third kappa shape index (κ3) is 5.52. The first-order chi connectivity index (χ1) is 19.8. The van der Waals surface area contributed by atoms with Gasteiger partial charge in [-0.05, 0) is 82.3 Å². The van der Waals surface area contributed by atoms with Crippen LogP contribution in [0.5, 0.6) is 5.75 Å². The molecule has 2 amide bonds. The topological polar surface area (TPSA) is 91.7 Å². The first kappa shape index (κ1) is 28.9. The van der Waals surface area contributed by atoms with Crippen LogP contribution in [0.1, 0.15) is 67.2 Å². The maximum Gasteiger partial charge on any atom is 0.272 e. The molecule has 2 aromatic rings. The molecule has 1 saturated heterocycles. The van der Waals surface area contributed by atoms with E-state index in [-0.39, 0.29) is 16.9 Å². The molecule has 0 unspecified atom stereocenters. The molecule has 4 fully saturated rings. The van der Waals surface area contributed by atoms with E-state index in [9.17, 15) is 9.59 Å². The molecule has 2 heterocycles. The van der Waals surface area contributed by atoms with E-state index in [1.54, 1.807) is 13.2 Å². The Morgan fingerprint density at radius 2 is 1.76 bits per heavy atom. The molecule has 6 rings (SSSR count). The number of aromatic nitrogens is 2. The molecule has 1 aromatic carbocycles. The van der Waals surface area contributed by atoms with E-state index >= 15 is 0 Å². The van der Waals surface area contributed by atoms with Crippen LogP contribution in [0.2, 0.25) is 0 Å². The zero-order valence-electron chi connectivity index (χ0n) is 25.0. The number of piperazine rings is 1. The van der Waals surface area contributed by atoms with Crippen molar-refractivity contribution in [2.24, 2.45) is 5.41 Å². The van der Waals surface area contributed by atoms with Crippen molar-refractivity contribution in [1.29, 1.82) is 0 Å². The third-order valence-corrected chi connectivity index (χ3v) is 9.52. The normalized spacial score (nSPS) is 24.7. The van der Waals surface area contributed by atoms with Crippen LogP contribution in [0.15, 0.2) is 43.0 Å². The number of rotatable bonds is 9. The van der Waals surface area contributed by atoms with E-state index in [4.69, 9.17) is 9.84 Å². The molecule has 3 aliphatic carbocycles. The standard InChI is InChI=1S/C32H44N6O3/c1-6-8-27(23-9-10-28(41-5)25(21-23)33-3)38-24(7-2)22-26(35-38)29(39)34-32-14-11-31(12-15-32,13-16-32)30(40)37-19-17-36(4)18-20-37/h6,8-10,21-22,33H,1,7,11-20H2,2-5H3,(H,34,39)/b27-8-. The van der Waals surface area contributed by atoms with Crippen LogP contribution >= 0.6 is 0 Å². The van der Waals surface area contributed by atoms with E-state index < -0.39 is 0 Å². The van der Waals surface area contributed by atoms with Gasteiger partial charge in [0, 0.05) is 55.4 Å². The molecule has 2 N–H and O–H groups in total. The second-order valence-corrected chi connectivity index (χ2v) is 11.8. The van der Waals surface area contributed by atoms with E-state index in [1.165, 1.54) is 0 Å². The Morgan fingerprint density at radius 3 is 2.34 bits per heavy atom. The SMILES string of the molecule is C=C/C=C(/c1ccc(OC)c(NC)c1)n1nc(C(=O)NC23CCC(C(=O)N4CCN(C)CC4)(CC2)CC3)cc1CC. The van der Waals surface area contributed by atoms with Crippen molar-refractivity contribution in [2.75, 3.05) is 52.7 Å². The van der Waals surface area contributed by atoms with Gasteiger partial charge in [-0.1, -0.05) is 19.6 Å². The van der Waals surface area contributed by atoms with Gasteiger partial charge in [-0.2, -0.15) is 5.10 Å². The van der Waals surface area contributed by atoms with Crippen molar-refractivity contribution in [1.82, 2.24) is 24.9 Å². The predicted molar refractivity (Wildman–Crippen MR) is 162 cm³/mol. The summed E-state index contributed by atoms with van der Waals surface area (Å²) in [6.07, 6.45) is 9.37. The van der Waals surface area contributed by atoms with Gasteiger partial charge in [0.1, 0.15) is 5.75 Å². The fourth-order valence-corrected chi connectivity index (χ4v) is 6.80. The number of anilines is 1. The van der Waals surface area contributed by atoms with Crippen molar-refractivity contribution < 1.29 is 14.3 Å². The minimum atomic E-state index is -0.269. The van der Waals surface area contributed by atoms with Crippen LogP contribution in [-0.2, 0) is 11.2 Å². The number of hydrogen-bond acceptors (Lipinski definition) is 6. The molecule has 1 aromatic heterocycles. The maximum absolute atomic E-state index is 13.6. The number of aryl methyl sites for hydroxylation is 1. The molecule has 3 saturated carbocycles. The van der Waals surface area contributed by atoms with E-state index in [0.717, 1.165) is 93.1 Å². The first-order valence-electron chi connectivity index (χ1n) is 14.9. The lowest BCUT2D eigenvalue weighted by Crippen LogP contribution is -2.61. The van der Waals surface area contributed by atoms with Crippen LogP contribution in [0.4, 0.5) is 5.69 Å². The average Bonchev–Trinajstić information content (AvgIpc) is 3.45. The number of nitrogens with one attached hydrogen (secondary N) is 2. The highest BCUT2D eigenvalue weighted by molar-refractivity contribution is 5.93. The second-order valence-electron chi connectivity index (χ2n) is 11.8. The van der Waals surface area contributed by atoms with Gasteiger partial charge in [0.2, 0.25) is 5.91 Å². The van der Waals surface area contributed by atoms with Gasteiger partial charge in [-0.25, -0.2) is 4.68 Å². The molecule has 4 aliphatic rings. The van der Waals surface area contributed by atoms with E-state index in [1.807, 2.05) is 42.1 Å². The predicted octanol–water partition coefficient (Wildman–Crippen LogP) is 4.17. The quantitative estimate of drug-likeness (QED) is 0.448. The third-order valence-electron chi connectivity index (χ3n) is 9.52. The van der Waals surface area contributed by atoms with E-state index in [2.05, 4.69) is 41.0 Å². The molecule has 2 bridgehead atoms. The van der Waals surface area contributed by atoms with Gasteiger partial charge < -0.3 is 25.2 Å². The average molecular weight is 561 g/mol. The number of carbonyl (C=O) groups is 2. The molecule has 9 nitrogen and oxygen atoms in total. The number of methoxy groups -OCH3 is 1. The molecule has 41 heavy (non-hydrogen) atoms. The van der Waals surface area contributed by atoms with Crippen molar-refractivity contribution in [3.05, 3.63) is 59.9 Å². The van der Waals surface area contributed by atoms with Crippen molar-refractivity contribution in [2.45, 2.75) is 57.4 Å². The number of fused-ring (bicyclic) bond motifs is 3. The summed E-state index contributed by atoms with van der Waals surface area (Å²) in [6, 6.07) is 7.79. The van der Waals surface area contributed by atoms with Crippen LogP contribution in [0, 0.1) is 5.41 Å². The Morgan fingerprint density at radius 1 is 1.07 bits per heavy atom. The highest BCUT2D eigenvalue weighted by Crippen LogP contribution is 2.53. The lowest BCUT2D eigenvalue weighted by Gasteiger charge is -2.54. The van der Waals surface area contributed by atoms with Gasteiger partial charge >= 0.3 is 0 Å². The Hall–Kier alpha value is -3.59. The fourth-order valence-electron chi connectivity index (χ4n) is 6.80. The second kappa shape index (κ2) is 11.7. The van der Waals surface area contributed by atoms with Crippen molar-refractivity contribution >= 4 is 23.2 Å². The summed E-state index contributed by atoms with van der Waals surface area (Å²) in [5, 5.41) is 11.4. The summed E-state index contributed by atoms with van der Waals surface area (Å²) >= 11 is 0. The van der Waals surface area contributed by atoms with Gasteiger partial charge in [0.05, 0.1) is 18.5 Å². The maximum atomic E-state index is 13.6. The van der Waals surface area contributed by atoms with Gasteiger partial charge in [-0.3, -0.25) is 9.59 Å². The van der Waals surface area contributed by atoms with Crippen LogP contribution in [0.25, 0.3) is 5.70 Å². The number of nitrogens with zero attached hydrogens (tertiary/aromatic N) is 4. The largest absolute Gasteiger partial charge is 0.495 e. The Balaban J connectivity index is 1.32. The monoisotopic (exact) mass is 560 g/mol. The van der Waals surface area contributed by atoms with Crippen molar-refractivity contribution in [3.63, 3.8) is 0 Å². The summed E-state index contributed by atoms with van der Waals surface area (Å²) in [5.74, 6) is 0.929. The molecule has 0 spiro atoms. The first-order valence-corrected chi connectivity index (χ1v) is 14.9. The number of carbonyl (C=O) groups excluding carboxylic acids is 2. The molecule has 0 atom stereocenters. The molecule has 0 radical (unpaired) electrons. The molecule has 9 heteroatoms. The minimum absolute atomic E-state index is 0.151. The summed E-state index contributed by atoms with van der Waals surface area (Å²) in [7, 11) is 5.61. The Labute approximate surface area is 243 Å². The summed E-state index contributed by atoms with van der Waals surface area (Å²) in [4.78, 5) is 31.5. The zero-order chi connectivity index (χ0) is 29.2. The van der Waals surface area contributed by atoms with Crippen LogP contribution in [0.3, 0.4) is 0 Å². The van der Waals surface area contributed by atoms with Gasteiger partial charge in [-0.15, -0.1) is 0 Å². The highest BCUT2D eigenvalue weighted by Gasteiger charge is 2.54. The summed E-state index contributed by atoms with van der Waals surface area (Å²) < 4.78 is 7.31. The Kier molecular flexibility index (Phi) is 8.27. The summed E-state index contributed by atoms with van der Waals surface area (Å²) in [6.45, 7) is 9.48. The Bertz CT molecular complexity index is 1310. The number of likely N-dealkylation sites (N-methyl/N-ethyl adjacent to an activating group) is 1. The molecular formula is C32H44N6O3. The smallest absolute Gasteiger partial charge is 0.272 e. The number of allylic oxidation sites excluding steroid dienone is 2. The molecule has 1 aliphatic heterocycles.